The van der Waals surface area contributed by atoms with E-state index >= 15 is 0 Å². The second-order valence-corrected chi connectivity index (χ2v) is 7.61. The molecule has 0 bridgehead atoms. The lowest BCUT2D eigenvalue weighted by Gasteiger charge is -2.19. The number of ether oxygens (including phenoxy) is 4. The summed E-state index contributed by atoms with van der Waals surface area (Å²) in [5, 5.41) is 0. The minimum absolute atomic E-state index is 0.138. The third-order valence-electron chi connectivity index (χ3n) is 4.79. The second kappa shape index (κ2) is 13.8. The summed E-state index contributed by atoms with van der Waals surface area (Å²) >= 11 is 0. The van der Waals surface area contributed by atoms with Gasteiger partial charge in [0.1, 0.15) is 6.61 Å². The first-order valence-corrected chi connectivity index (χ1v) is 11.4. The van der Waals surface area contributed by atoms with Crippen molar-refractivity contribution >= 4 is 0 Å². The Bertz CT molecular complexity index is 832. The summed E-state index contributed by atoms with van der Waals surface area (Å²) in [6.45, 7) is 7.11. The molecule has 0 spiro atoms. The summed E-state index contributed by atoms with van der Waals surface area (Å²) in [6, 6.07) is 3.38. The molecule has 0 unspecified atom stereocenters. The van der Waals surface area contributed by atoms with Crippen LogP contribution in [-0.2, 0) is 6.61 Å². The van der Waals surface area contributed by atoms with Crippen LogP contribution in [-0.4, -0.2) is 19.8 Å². The molecule has 0 radical (unpaired) electrons. The summed E-state index contributed by atoms with van der Waals surface area (Å²) in [4.78, 5) is 0. The molecule has 0 aliphatic rings. The van der Waals surface area contributed by atoms with Gasteiger partial charge in [0, 0.05) is 6.07 Å². The van der Waals surface area contributed by atoms with E-state index in [4.69, 9.17) is 18.9 Å². The molecule has 0 saturated carbocycles. The van der Waals surface area contributed by atoms with Crippen molar-refractivity contribution in [2.75, 3.05) is 19.8 Å². The molecule has 0 aliphatic carbocycles. The van der Waals surface area contributed by atoms with Crippen molar-refractivity contribution in [2.45, 2.75) is 65.9 Å². The number of unbranched alkanes of at least 4 members (excludes halogenated alkanes) is 3. The quantitative estimate of drug-likeness (QED) is 0.154. The predicted molar refractivity (Wildman–Crippen MR) is 118 cm³/mol. The van der Waals surface area contributed by atoms with Crippen molar-refractivity contribution in [1.82, 2.24) is 0 Å². The molecule has 0 N–H and O–H groups in total. The molecule has 0 atom stereocenters. The summed E-state index contributed by atoms with van der Waals surface area (Å²) in [5.74, 6) is -6.07. The first kappa shape index (κ1) is 26.6. The van der Waals surface area contributed by atoms with E-state index in [0.29, 0.717) is 42.6 Å². The fourth-order valence-corrected chi connectivity index (χ4v) is 2.88. The van der Waals surface area contributed by atoms with Gasteiger partial charge in [-0.05, 0) is 37.0 Å². The van der Waals surface area contributed by atoms with E-state index in [1.807, 2.05) is 13.8 Å². The van der Waals surface area contributed by atoms with Crippen LogP contribution in [0, 0.1) is 23.3 Å². The lowest BCUT2D eigenvalue weighted by molar-refractivity contribution is 0.233. The van der Waals surface area contributed by atoms with E-state index in [0.717, 1.165) is 38.5 Å². The Morgan fingerprint density at radius 1 is 0.576 bits per heavy atom. The first-order valence-electron chi connectivity index (χ1n) is 11.4. The number of halogens is 4. The highest BCUT2D eigenvalue weighted by Gasteiger charge is 2.22. The van der Waals surface area contributed by atoms with Crippen LogP contribution in [0.1, 0.15) is 64.9 Å². The molecule has 33 heavy (non-hydrogen) atoms. The van der Waals surface area contributed by atoms with Gasteiger partial charge in [-0.3, -0.25) is 0 Å². The maximum atomic E-state index is 14.0. The Morgan fingerprint density at radius 3 is 1.48 bits per heavy atom. The van der Waals surface area contributed by atoms with Crippen LogP contribution >= 0.6 is 0 Å². The molecule has 8 heteroatoms. The summed E-state index contributed by atoms with van der Waals surface area (Å²) < 4.78 is 77.8. The van der Waals surface area contributed by atoms with Crippen LogP contribution in [0.25, 0.3) is 0 Å². The number of rotatable bonds is 15. The van der Waals surface area contributed by atoms with E-state index < -0.39 is 29.0 Å². The molecule has 0 saturated heterocycles. The maximum absolute atomic E-state index is 14.0. The molecule has 4 nitrogen and oxygen atoms in total. The summed E-state index contributed by atoms with van der Waals surface area (Å²) in [5.41, 5.74) is 0.444. The fraction of sp³-hybridized carbons (Fsp3) is 0.520. The smallest absolute Gasteiger partial charge is 0.203 e. The molecular weight excluding hydrogens is 440 g/mol. The highest BCUT2D eigenvalue weighted by Crippen LogP contribution is 2.40. The standard InChI is InChI=1S/C25H32F4O4/c1-4-7-10-30-20-13-17(16-33-25-22(28)18(26)15-19(27)23(25)29)14-21(31-11-8-5-2)24(20)32-12-9-6-3/h13-15H,4-12,16H2,1-3H3. The van der Waals surface area contributed by atoms with E-state index in [1.54, 1.807) is 12.1 Å². The molecule has 2 aromatic carbocycles. The minimum atomic E-state index is -1.59. The van der Waals surface area contributed by atoms with Gasteiger partial charge in [0.2, 0.25) is 17.4 Å². The average Bonchev–Trinajstić information content (AvgIpc) is 2.79. The summed E-state index contributed by atoms with van der Waals surface area (Å²) in [7, 11) is 0. The zero-order valence-corrected chi connectivity index (χ0v) is 19.4. The Balaban J connectivity index is 2.36. The molecule has 0 heterocycles. The van der Waals surface area contributed by atoms with Crippen molar-refractivity contribution in [3.05, 3.63) is 47.0 Å². The van der Waals surface area contributed by atoms with Gasteiger partial charge in [-0.2, -0.15) is 8.78 Å². The normalized spacial score (nSPS) is 10.9. The van der Waals surface area contributed by atoms with Gasteiger partial charge in [-0.15, -0.1) is 0 Å². The van der Waals surface area contributed by atoms with E-state index in [2.05, 4.69) is 6.92 Å². The fourth-order valence-electron chi connectivity index (χ4n) is 2.88. The average molecular weight is 473 g/mol. The van der Waals surface area contributed by atoms with Gasteiger partial charge in [0.25, 0.3) is 0 Å². The largest absolute Gasteiger partial charge is 0.490 e. The monoisotopic (exact) mass is 472 g/mol. The molecule has 2 rings (SSSR count). The van der Waals surface area contributed by atoms with Crippen molar-refractivity contribution in [3.63, 3.8) is 0 Å². The van der Waals surface area contributed by atoms with Crippen LogP contribution in [0.2, 0.25) is 0 Å². The van der Waals surface area contributed by atoms with Crippen molar-refractivity contribution in [3.8, 4) is 23.0 Å². The third-order valence-corrected chi connectivity index (χ3v) is 4.79. The van der Waals surface area contributed by atoms with Crippen molar-refractivity contribution in [1.29, 1.82) is 0 Å². The molecule has 0 aromatic heterocycles. The van der Waals surface area contributed by atoms with Crippen LogP contribution < -0.4 is 18.9 Å². The van der Waals surface area contributed by atoms with Gasteiger partial charge in [0.05, 0.1) is 19.8 Å². The summed E-state index contributed by atoms with van der Waals surface area (Å²) in [6.07, 6.45) is 5.29. The number of hydrogen-bond donors (Lipinski definition) is 0. The van der Waals surface area contributed by atoms with Gasteiger partial charge in [0.15, 0.2) is 28.9 Å². The SMILES string of the molecule is CCCCOc1cc(COc2c(F)c(F)cc(F)c2F)cc(OCCCC)c1OCCCC. The van der Waals surface area contributed by atoms with Gasteiger partial charge in [-0.25, -0.2) is 8.78 Å². The van der Waals surface area contributed by atoms with Crippen molar-refractivity contribution in [2.24, 2.45) is 0 Å². The van der Waals surface area contributed by atoms with Gasteiger partial charge in [-0.1, -0.05) is 40.0 Å². The Morgan fingerprint density at radius 2 is 1.03 bits per heavy atom. The zero-order valence-electron chi connectivity index (χ0n) is 19.4. The van der Waals surface area contributed by atoms with Crippen molar-refractivity contribution < 1.29 is 36.5 Å². The topological polar surface area (TPSA) is 36.9 Å². The van der Waals surface area contributed by atoms with Crippen LogP contribution in [0.5, 0.6) is 23.0 Å². The van der Waals surface area contributed by atoms with E-state index in [-0.39, 0.29) is 12.7 Å². The third kappa shape index (κ3) is 7.72. The molecule has 184 valence electrons. The highest BCUT2D eigenvalue weighted by atomic mass is 19.2. The second-order valence-electron chi connectivity index (χ2n) is 7.61. The van der Waals surface area contributed by atoms with Crippen LogP contribution in [0.4, 0.5) is 17.6 Å². The Kier molecular flexibility index (Phi) is 11.1. The van der Waals surface area contributed by atoms with Crippen LogP contribution in [0.3, 0.4) is 0 Å². The Hall–Kier alpha value is -2.64. The molecule has 0 amide bonds. The maximum Gasteiger partial charge on any atom is 0.203 e. The van der Waals surface area contributed by atoms with Crippen LogP contribution in [0.15, 0.2) is 18.2 Å². The molecular formula is C25H32F4O4. The number of benzene rings is 2. The van der Waals surface area contributed by atoms with E-state index in [1.165, 1.54) is 0 Å². The lowest BCUT2D eigenvalue weighted by Crippen LogP contribution is -2.08. The number of hydrogen-bond acceptors (Lipinski definition) is 4. The van der Waals surface area contributed by atoms with Gasteiger partial charge >= 0.3 is 0 Å². The zero-order chi connectivity index (χ0) is 24.2. The highest BCUT2D eigenvalue weighted by molar-refractivity contribution is 5.54. The predicted octanol–water partition coefficient (Wildman–Crippen LogP) is 7.36. The van der Waals surface area contributed by atoms with Gasteiger partial charge < -0.3 is 18.9 Å². The first-order chi connectivity index (χ1) is 15.9. The molecule has 0 fully saturated rings. The molecule has 2 aromatic rings. The Labute approximate surface area is 192 Å². The van der Waals surface area contributed by atoms with E-state index in [9.17, 15) is 17.6 Å². The minimum Gasteiger partial charge on any atom is -0.490 e. The molecule has 0 aliphatic heterocycles. The lowest BCUT2D eigenvalue weighted by atomic mass is 10.2.